The fraction of sp³-hybridized carbons (Fsp3) is 0.633. The van der Waals surface area contributed by atoms with Crippen molar-refractivity contribution in [2.45, 2.75) is 210 Å². The predicted octanol–water partition coefficient (Wildman–Crippen LogP) is 14.9. The number of ether oxygens (including phenoxy) is 2. The molecule has 418 valence electrons. The topological polar surface area (TPSA) is 193 Å². The van der Waals surface area contributed by atoms with Crippen LogP contribution in [-0.4, -0.2) is 49.9 Å². The third-order valence-corrected chi connectivity index (χ3v) is 12.9. The van der Waals surface area contributed by atoms with Gasteiger partial charge in [0.1, 0.15) is 0 Å². The number of nitrogens with one attached hydrogen (secondary N) is 6. The molecule has 0 unspecified atom stereocenters. The number of amides is 4. The molecule has 0 radical (unpaired) electrons. The van der Waals surface area contributed by atoms with Gasteiger partial charge in [0.05, 0.1) is 36.0 Å². The van der Waals surface area contributed by atoms with E-state index in [4.69, 9.17) is 13.9 Å². The molecular formula is C60H96N6O8U. The number of hydrogen-bond acceptors (Lipinski definition) is 10. The van der Waals surface area contributed by atoms with Crippen LogP contribution in [0.3, 0.4) is 0 Å². The number of carbonyl (C=O) groups excluding carboxylic acids is 4. The molecule has 15 heteroatoms. The van der Waals surface area contributed by atoms with E-state index in [-0.39, 0.29) is 33.8 Å². The standard InChI is InChI=1S/C60H96N6O6.2O.U/c1-11-15-17-19-21-23-25-27-29-31-35-71-53-41-49(63-43-45-37-47(59(5,6)7)39-51(55(45)67)65-57(69)61-33-13-3)50(42-54(53)72-36-32-30-28-26-24-22-20-18-16-12-2)64-44-46-38-48(60(8,9)10)40-52(56(46)68)66-58(70)62-34-14-4;;;/h37-44,63-64H,11-36H2,1-10H3,(H2,61,65,69)(H2,62,66,70);;;/b45-43-,46-44-;;;. The fourth-order valence-corrected chi connectivity index (χ4v) is 8.26. The van der Waals surface area contributed by atoms with Gasteiger partial charge in [0.2, 0.25) is 11.6 Å². The Morgan fingerprint density at radius 2 is 0.787 bits per heavy atom. The Balaban J connectivity index is 0.00000626. The third kappa shape index (κ3) is 27.3. The van der Waals surface area contributed by atoms with E-state index in [9.17, 15) is 19.2 Å². The van der Waals surface area contributed by atoms with E-state index in [1.807, 2.05) is 38.1 Å². The fourth-order valence-electron chi connectivity index (χ4n) is 8.26. The van der Waals surface area contributed by atoms with Crippen LogP contribution in [0.1, 0.15) is 210 Å². The van der Waals surface area contributed by atoms with Crippen molar-refractivity contribution in [2.24, 2.45) is 10.8 Å². The summed E-state index contributed by atoms with van der Waals surface area (Å²) >= 11 is -2.51. The summed E-state index contributed by atoms with van der Waals surface area (Å²) in [7, 11) is 0. The summed E-state index contributed by atoms with van der Waals surface area (Å²) in [6, 6.07) is 2.90. The molecule has 0 bridgehead atoms. The summed E-state index contributed by atoms with van der Waals surface area (Å²) in [5, 5.41) is 18.0. The average molecular weight is 1270 g/mol. The first-order chi connectivity index (χ1) is 35.9. The van der Waals surface area contributed by atoms with Gasteiger partial charge in [-0.3, -0.25) is 9.59 Å². The first-order valence-electron chi connectivity index (χ1n) is 28.4. The normalized spacial score (nSPS) is 14.6. The van der Waals surface area contributed by atoms with Crippen LogP contribution in [0.5, 0.6) is 11.5 Å². The van der Waals surface area contributed by atoms with E-state index in [2.05, 4.69) is 87.3 Å². The second-order valence-electron chi connectivity index (χ2n) is 21.7. The van der Waals surface area contributed by atoms with Crippen molar-refractivity contribution in [2.75, 3.05) is 36.9 Å². The molecule has 4 amide bonds. The molecule has 0 saturated carbocycles. The molecule has 0 saturated heterocycles. The summed E-state index contributed by atoms with van der Waals surface area (Å²) in [5.41, 5.74) is 3.30. The summed E-state index contributed by atoms with van der Waals surface area (Å²) in [5.74, 6) is 0.471. The molecular weight excluding hydrogens is 1170 g/mol. The number of carbonyl (C=O) groups is 4. The molecule has 14 nitrogen and oxygen atoms in total. The molecule has 1 aromatic rings. The maximum atomic E-state index is 14.1. The van der Waals surface area contributed by atoms with E-state index >= 15 is 0 Å². The first kappa shape index (κ1) is 66.5. The molecule has 0 fully saturated rings. The van der Waals surface area contributed by atoms with Crippen molar-refractivity contribution >= 4 is 35.0 Å². The van der Waals surface area contributed by atoms with Crippen LogP contribution in [0, 0.1) is 38.6 Å². The van der Waals surface area contributed by atoms with Crippen LogP contribution in [-0.2, 0) is 14.1 Å². The Kier molecular flexibility index (Phi) is 33.7. The predicted molar refractivity (Wildman–Crippen MR) is 301 cm³/mol. The molecule has 0 aromatic heterocycles. The first-order valence-corrected chi connectivity index (χ1v) is 31.8. The SMILES string of the molecule is CCCCCCCCCCCCOc1cc(N/C=C2/C=C(C(C)(C)C)C=C(NC(=O)NCCC)C2=O)c(N/C=C2/C=C(C(C)(C)C)C=C(NC(=O)NCCC)C2=O)cc1OCCCCCCCCCCCC.[O]=[U]=[O]. The number of unbranched alkanes of at least 4 members (excludes halogenated alkanes) is 18. The molecule has 75 heavy (non-hydrogen) atoms. The van der Waals surface area contributed by atoms with Crippen molar-refractivity contribution in [3.05, 3.63) is 82.5 Å². The number of anilines is 2. The zero-order valence-electron chi connectivity index (χ0n) is 47.8. The second-order valence-corrected chi connectivity index (χ2v) is 22.4. The van der Waals surface area contributed by atoms with Crippen LogP contribution >= 0.6 is 0 Å². The van der Waals surface area contributed by atoms with Gasteiger partial charge < -0.3 is 41.4 Å². The van der Waals surface area contributed by atoms with Gasteiger partial charge in [0.25, 0.3) is 0 Å². The number of urea groups is 2. The minimum absolute atomic E-state index is 0.182. The zero-order valence-corrected chi connectivity index (χ0v) is 51.9. The number of benzene rings is 1. The van der Waals surface area contributed by atoms with Crippen molar-refractivity contribution in [3.8, 4) is 11.5 Å². The van der Waals surface area contributed by atoms with Gasteiger partial charge in [0.15, 0.2) is 11.5 Å². The van der Waals surface area contributed by atoms with Crippen LogP contribution < -0.4 is 41.4 Å². The number of allylic oxidation sites excluding steroid dienone is 8. The quantitative estimate of drug-likeness (QED) is 0.0286. The van der Waals surface area contributed by atoms with Gasteiger partial charge in [-0.1, -0.05) is 185 Å². The van der Waals surface area contributed by atoms with Gasteiger partial charge in [-0.2, -0.15) is 0 Å². The molecule has 2 aliphatic rings. The maximum absolute atomic E-state index is 14.1. The average Bonchev–Trinajstić information content (AvgIpc) is 3.36. The molecule has 3 rings (SSSR count). The summed E-state index contributed by atoms with van der Waals surface area (Å²) < 4.78 is 30.3. The Bertz CT molecular complexity index is 2030. The van der Waals surface area contributed by atoms with E-state index in [1.54, 1.807) is 24.6 Å². The minimum atomic E-state index is -2.51. The van der Waals surface area contributed by atoms with Crippen LogP contribution in [0.2, 0.25) is 0 Å². The zero-order chi connectivity index (χ0) is 55.5. The molecule has 0 heterocycles. The molecule has 2 aliphatic carbocycles. The molecule has 6 N–H and O–H groups in total. The van der Waals surface area contributed by atoms with Gasteiger partial charge >= 0.3 is 44.4 Å². The summed E-state index contributed by atoms with van der Waals surface area (Å²) in [6.45, 7) is 22.8. The number of rotatable bonds is 34. The Hall–Kier alpha value is -4.61. The monoisotopic (exact) mass is 1270 g/mol. The molecule has 0 spiro atoms. The van der Waals surface area contributed by atoms with Gasteiger partial charge in [-0.25, -0.2) is 9.59 Å². The van der Waals surface area contributed by atoms with E-state index in [0.717, 1.165) is 49.7 Å². The van der Waals surface area contributed by atoms with Crippen molar-refractivity contribution in [3.63, 3.8) is 0 Å². The molecule has 0 atom stereocenters. The molecule has 1 aromatic carbocycles. The van der Waals surface area contributed by atoms with E-state index < -0.39 is 39.9 Å². The van der Waals surface area contributed by atoms with E-state index in [0.29, 0.717) is 60.3 Å². The Labute approximate surface area is 466 Å². The van der Waals surface area contributed by atoms with Gasteiger partial charge in [0, 0.05) is 48.8 Å². The van der Waals surface area contributed by atoms with Crippen LogP contribution in [0.4, 0.5) is 21.0 Å². The summed E-state index contributed by atoms with van der Waals surface area (Å²) in [4.78, 5) is 53.8. The third-order valence-electron chi connectivity index (χ3n) is 12.9. The van der Waals surface area contributed by atoms with E-state index in [1.165, 1.54) is 103 Å². The summed E-state index contributed by atoms with van der Waals surface area (Å²) in [6.07, 6.45) is 36.4. The second kappa shape index (κ2) is 38.0. The Morgan fingerprint density at radius 3 is 1.08 bits per heavy atom. The van der Waals surface area contributed by atoms with Gasteiger partial charge in [-0.15, -0.1) is 0 Å². The van der Waals surface area contributed by atoms with Crippen molar-refractivity contribution < 1.29 is 60.9 Å². The Morgan fingerprint density at radius 1 is 0.480 bits per heavy atom. The number of ketones is 2. The van der Waals surface area contributed by atoms with Crippen LogP contribution in [0.25, 0.3) is 0 Å². The van der Waals surface area contributed by atoms with Crippen molar-refractivity contribution in [1.29, 1.82) is 0 Å². The number of hydrogen-bond donors (Lipinski definition) is 6. The number of Topliss-reactive ketones (excluding diaryl/α,β-unsaturated/α-hetero) is 2. The molecule has 0 aliphatic heterocycles. The van der Waals surface area contributed by atoms with Crippen molar-refractivity contribution in [1.82, 2.24) is 21.3 Å². The van der Waals surface area contributed by atoms with Gasteiger partial charge in [-0.05, 0) is 72.0 Å². The van der Waals surface area contributed by atoms with Crippen LogP contribution in [0.15, 0.2) is 82.5 Å².